The number of hydrogen-bond donors (Lipinski definition) is 3. The summed E-state index contributed by atoms with van der Waals surface area (Å²) in [5.41, 5.74) is 5.01. The van der Waals surface area contributed by atoms with Gasteiger partial charge in [-0.25, -0.2) is 0 Å². The first-order valence-electron chi connectivity index (χ1n) is 5.00. The molecule has 0 aromatic heterocycles. The predicted octanol–water partition coefficient (Wildman–Crippen LogP) is -2.12. The molecule has 2 amide bonds. The van der Waals surface area contributed by atoms with Crippen molar-refractivity contribution in [1.82, 2.24) is 15.5 Å². The molecule has 1 aliphatic heterocycles. The molecule has 0 aromatic carbocycles. The molecule has 1 rings (SSSR count). The third-order valence-electron chi connectivity index (χ3n) is 2.41. The molecule has 0 bridgehead atoms. The van der Waals surface area contributed by atoms with Crippen molar-refractivity contribution in [3.63, 3.8) is 0 Å². The van der Waals surface area contributed by atoms with E-state index in [1.54, 1.807) is 7.05 Å². The average molecular weight is 214 g/mol. The molecular formula is C9H18N4O2. The number of hydrogen-bond acceptors (Lipinski definition) is 4. The van der Waals surface area contributed by atoms with E-state index in [-0.39, 0.29) is 18.5 Å². The molecule has 1 saturated heterocycles. The zero-order valence-corrected chi connectivity index (χ0v) is 9.12. The SMILES string of the molecule is CC1CNC(C(=O)N(C)CC(N)=O)CN1. The number of primary amides is 1. The molecule has 0 aliphatic carbocycles. The Hall–Kier alpha value is -1.14. The lowest BCUT2D eigenvalue weighted by molar-refractivity contribution is -0.135. The van der Waals surface area contributed by atoms with Gasteiger partial charge in [0.15, 0.2) is 0 Å². The minimum Gasteiger partial charge on any atom is -0.368 e. The van der Waals surface area contributed by atoms with Crippen LogP contribution < -0.4 is 16.4 Å². The van der Waals surface area contributed by atoms with Gasteiger partial charge in [0.1, 0.15) is 0 Å². The van der Waals surface area contributed by atoms with E-state index >= 15 is 0 Å². The smallest absolute Gasteiger partial charge is 0.241 e. The Labute approximate surface area is 89.2 Å². The van der Waals surface area contributed by atoms with E-state index in [0.29, 0.717) is 12.6 Å². The molecule has 2 unspecified atom stereocenters. The molecule has 4 N–H and O–H groups in total. The van der Waals surface area contributed by atoms with Crippen LogP contribution in [0.1, 0.15) is 6.92 Å². The fourth-order valence-electron chi connectivity index (χ4n) is 1.53. The minimum atomic E-state index is -0.497. The van der Waals surface area contributed by atoms with E-state index in [1.165, 1.54) is 4.90 Å². The van der Waals surface area contributed by atoms with Crippen LogP contribution in [-0.4, -0.2) is 55.5 Å². The van der Waals surface area contributed by atoms with Gasteiger partial charge in [0, 0.05) is 26.2 Å². The Morgan fingerprint density at radius 2 is 2.07 bits per heavy atom. The van der Waals surface area contributed by atoms with Gasteiger partial charge in [-0.15, -0.1) is 0 Å². The molecule has 1 aliphatic rings. The van der Waals surface area contributed by atoms with Gasteiger partial charge in [0.25, 0.3) is 0 Å². The number of amides is 2. The largest absolute Gasteiger partial charge is 0.368 e. The van der Waals surface area contributed by atoms with Crippen molar-refractivity contribution in [2.45, 2.75) is 19.0 Å². The van der Waals surface area contributed by atoms with Crippen molar-refractivity contribution >= 4 is 11.8 Å². The maximum absolute atomic E-state index is 11.8. The molecule has 6 heteroatoms. The third kappa shape index (κ3) is 3.49. The van der Waals surface area contributed by atoms with Crippen LogP contribution in [0.15, 0.2) is 0 Å². The first kappa shape index (κ1) is 11.9. The molecule has 6 nitrogen and oxygen atoms in total. The zero-order chi connectivity index (χ0) is 11.4. The maximum Gasteiger partial charge on any atom is 0.241 e. The van der Waals surface area contributed by atoms with E-state index in [4.69, 9.17) is 5.73 Å². The minimum absolute atomic E-state index is 0.0352. The van der Waals surface area contributed by atoms with Gasteiger partial charge in [0.2, 0.25) is 11.8 Å². The third-order valence-corrected chi connectivity index (χ3v) is 2.41. The van der Waals surface area contributed by atoms with E-state index in [0.717, 1.165) is 6.54 Å². The molecule has 0 spiro atoms. The zero-order valence-electron chi connectivity index (χ0n) is 9.12. The van der Waals surface area contributed by atoms with Crippen molar-refractivity contribution in [3.05, 3.63) is 0 Å². The Balaban J connectivity index is 2.42. The number of nitrogens with two attached hydrogens (primary N) is 1. The van der Waals surface area contributed by atoms with Crippen LogP contribution in [0.5, 0.6) is 0 Å². The first-order valence-corrected chi connectivity index (χ1v) is 5.00. The number of likely N-dealkylation sites (N-methyl/N-ethyl adjacent to an activating group) is 1. The Bertz CT molecular complexity index is 248. The lowest BCUT2D eigenvalue weighted by Crippen LogP contribution is -2.59. The Morgan fingerprint density at radius 3 is 2.53 bits per heavy atom. The van der Waals surface area contributed by atoms with E-state index in [2.05, 4.69) is 10.6 Å². The number of nitrogens with one attached hydrogen (secondary N) is 2. The van der Waals surface area contributed by atoms with E-state index in [1.807, 2.05) is 6.92 Å². The van der Waals surface area contributed by atoms with Crippen LogP contribution in [-0.2, 0) is 9.59 Å². The number of carbonyl (C=O) groups excluding carboxylic acids is 2. The molecule has 2 atom stereocenters. The van der Waals surface area contributed by atoms with Gasteiger partial charge >= 0.3 is 0 Å². The highest BCUT2D eigenvalue weighted by atomic mass is 16.2. The summed E-state index contributed by atoms with van der Waals surface area (Å²) in [6, 6.07) is 0.112. The average Bonchev–Trinajstić information content (AvgIpc) is 2.17. The van der Waals surface area contributed by atoms with Crippen LogP contribution in [0.4, 0.5) is 0 Å². The Morgan fingerprint density at radius 1 is 1.40 bits per heavy atom. The van der Waals surface area contributed by atoms with Gasteiger partial charge in [-0.1, -0.05) is 0 Å². The van der Waals surface area contributed by atoms with Gasteiger partial charge in [0.05, 0.1) is 12.6 Å². The maximum atomic E-state index is 11.8. The van der Waals surface area contributed by atoms with Crippen molar-refractivity contribution in [2.75, 3.05) is 26.7 Å². The molecule has 15 heavy (non-hydrogen) atoms. The van der Waals surface area contributed by atoms with Crippen LogP contribution in [0.25, 0.3) is 0 Å². The van der Waals surface area contributed by atoms with Crippen molar-refractivity contribution in [3.8, 4) is 0 Å². The predicted molar refractivity (Wildman–Crippen MR) is 56.1 cm³/mol. The van der Waals surface area contributed by atoms with Crippen molar-refractivity contribution in [1.29, 1.82) is 0 Å². The van der Waals surface area contributed by atoms with E-state index < -0.39 is 5.91 Å². The topological polar surface area (TPSA) is 87.5 Å². The Kier molecular flexibility index (Phi) is 4.05. The summed E-state index contributed by atoms with van der Waals surface area (Å²) in [5, 5.41) is 6.31. The molecule has 86 valence electrons. The second kappa shape index (κ2) is 5.09. The van der Waals surface area contributed by atoms with Gasteiger partial charge in [-0.3, -0.25) is 9.59 Å². The van der Waals surface area contributed by atoms with Gasteiger partial charge < -0.3 is 21.3 Å². The number of piperazine rings is 1. The molecule has 0 saturated carbocycles. The fraction of sp³-hybridized carbons (Fsp3) is 0.778. The van der Waals surface area contributed by atoms with Crippen molar-refractivity contribution in [2.24, 2.45) is 5.73 Å². The second-order valence-electron chi connectivity index (χ2n) is 3.93. The number of nitrogens with zero attached hydrogens (tertiary/aromatic N) is 1. The van der Waals surface area contributed by atoms with Crippen molar-refractivity contribution < 1.29 is 9.59 Å². The summed E-state index contributed by atoms with van der Waals surface area (Å²) >= 11 is 0. The first-order chi connectivity index (χ1) is 7.00. The van der Waals surface area contributed by atoms with Crippen LogP contribution >= 0.6 is 0 Å². The molecule has 0 radical (unpaired) electrons. The molecule has 0 aromatic rings. The standard InChI is InChI=1S/C9H18N4O2/c1-6-3-12-7(4-11-6)9(15)13(2)5-8(10)14/h6-7,11-12H,3-5H2,1-2H3,(H2,10,14). The highest BCUT2D eigenvalue weighted by Gasteiger charge is 2.26. The molecule has 1 heterocycles. The fourth-order valence-corrected chi connectivity index (χ4v) is 1.53. The summed E-state index contributed by atoms with van der Waals surface area (Å²) < 4.78 is 0. The lowest BCUT2D eigenvalue weighted by atomic mass is 10.1. The summed E-state index contributed by atoms with van der Waals surface area (Å²) in [6.45, 7) is 3.34. The summed E-state index contributed by atoms with van der Waals surface area (Å²) in [6.07, 6.45) is 0. The summed E-state index contributed by atoms with van der Waals surface area (Å²) in [4.78, 5) is 23.7. The van der Waals surface area contributed by atoms with Crippen LogP contribution in [0.2, 0.25) is 0 Å². The van der Waals surface area contributed by atoms with Crippen LogP contribution in [0.3, 0.4) is 0 Å². The lowest BCUT2D eigenvalue weighted by Gasteiger charge is -2.30. The monoisotopic (exact) mass is 214 g/mol. The molecule has 1 fully saturated rings. The van der Waals surface area contributed by atoms with Crippen LogP contribution in [0, 0.1) is 0 Å². The van der Waals surface area contributed by atoms with Gasteiger partial charge in [-0.05, 0) is 6.92 Å². The quantitative estimate of drug-likeness (QED) is 0.501. The highest BCUT2D eigenvalue weighted by molar-refractivity contribution is 5.86. The highest BCUT2D eigenvalue weighted by Crippen LogP contribution is 1.97. The second-order valence-corrected chi connectivity index (χ2v) is 3.93. The van der Waals surface area contributed by atoms with E-state index in [9.17, 15) is 9.59 Å². The number of carbonyl (C=O) groups is 2. The molecular weight excluding hydrogens is 196 g/mol. The summed E-state index contributed by atoms with van der Waals surface area (Å²) in [7, 11) is 1.58. The van der Waals surface area contributed by atoms with Gasteiger partial charge in [-0.2, -0.15) is 0 Å². The normalized spacial score (nSPS) is 26.0. The summed E-state index contributed by atoms with van der Waals surface area (Å²) in [5.74, 6) is -0.601. The number of rotatable bonds is 3.